The molecule has 0 spiro atoms. The van der Waals surface area contributed by atoms with Crippen molar-refractivity contribution in [2.24, 2.45) is 0 Å². The molecular weight excluding hydrogens is 264 g/mol. The van der Waals surface area contributed by atoms with Gasteiger partial charge in [0, 0.05) is 12.3 Å². The summed E-state index contributed by atoms with van der Waals surface area (Å²) in [7, 11) is 2.89. The van der Waals surface area contributed by atoms with Gasteiger partial charge < -0.3 is 14.3 Å². The molecule has 7 nitrogen and oxygen atoms in total. The Bertz CT molecular complexity index is 622. The van der Waals surface area contributed by atoms with E-state index in [0.29, 0.717) is 5.75 Å². The Morgan fingerprint density at radius 3 is 2.60 bits per heavy atom. The van der Waals surface area contributed by atoms with Crippen molar-refractivity contribution in [2.75, 3.05) is 14.2 Å². The van der Waals surface area contributed by atoms with Gasteiger partial charge in [-0.1, -0.05) is 0 Å². The standard InChI is InChI=1S/C13H12N2O5/c1-18-9-3-4-10(11(7-9)19-2)12(16)13(17)20-15-6-5-14-8-15/h3-8H,1-2H3. The van der Waals surface area contributed by atoms with Crippen LogP contribution in [-0.2, 0) is 4.79 Å². The van der Waals surface area contributed by atoms with Crippen molar-refractivity contribution in [3.05, 3.63) is 42.5 Å². The first-order chi connectivity index (χ1) is 9.65. The number of benzene rings is 1. The first kappa shape index (κ1) is 13.6. The van der Waals surface area contributed by atoms with Crippen LogP contribution < -0.4 is 14.3 Å². The summed E-state index contributed by atoms with van der Waals surface area (Å²) < 4.78 is 11.1. The normalized spacial score (nSPS) is 9.90. The molecule has 7 heteroatoms. The summed E-state index contributed by atoms with van der Waals surface area (Å²) in [5.41, 5.74) is 0.0958. The van der Waals surface area contributed by atoms with Gasteiger partial charge in [-0.3, -0.25) is 4.79 Å². The quantitative estimate of drug-likeness (QED) is 0.592. The van der Waals surface area contributed by atoms with Crippen LogP contribution in [0.2, 0.25) is 0 Å². The topological polar surface area (TPSA) is 79.7 Å². The Labute approximate surface area is 114 Å². The summed E-state index contributed by atoms with van der Waals surface area (Å²) in [6.45, 7) is 0. The summed E-state index contributed by atoms with van der Waals surface area (Å²) >= 11 is 0. The third-order valence-corrected chi connectivity index (χ3v) is 2.51. The second-order valence-corrected chi connectivity index (χ2v) is 3.70. The van der Waals surface area contributed by atoms with Crippen LogP contribution in [-0.4, -0.2) is 35.7 Å². The van der Waals surface area contributed by atoms with Gasteiger partial charge in [-0.2, -0.15) is 4.73 Å². The van der Waals surface area contributed by atoms with E-state index in [4.69, 9.17) is 14.3 Å². The Hall–Kier alpha value is -2.83. The zero-order valence-corrected chi connectivity index (χ0v) is 10.9. The van der Waals surface area contributed by atoms with E-state index in [1.165, 1.54) is 45.1 Å². The van der Waals surface area contributed by atoms with Crippen LogP contribution >= 0.6 is 0 Å². The fourth-order valence-corrected chi connectivity index (χ4v) is 1.53. The summed E-state index contributed by atoms with van der Waals surface area (Å²) in [4.78, 5) is 32.2. The molecule has 0 N–H and O–H groups in total. The van der Waals surface area contributed by atoms with Gasteiger partial charge in [0.25, 0.3) is 5.78 Å². The predicted molar refractivity (Wildman–Crippen MR) is 67.7 cm³/mol. The van der Waals surface area contributed by atoms with Gasteiger partial charge in [0.1, 0.15) is 17.8 Å². The lowest BCUT2D eigenvalue weighted by atomic mass is 10.1. The van der Waals surface area contributed by atoms with E-state index in [0.717, 1.165) is 4.73 Å². The molecular formula is C13H12N2O5. The molecule has 20 heavy (non-hydrogen) atoms. The number of ketones is 1. The molecule has 0 fully saturated rings. The third-order valence-electron chi connectivity index (χ3n) is 2.51. The fraction of sp³-hybridized carbons (Fsp3) is 0.154. The van der Waals surface area contributed by atoms with Gasteiger partial charge in [-0.25, -0.2) is 9.78 Å². The summed E-state index contributed by atoms with van der Waals surface area (Å²) in [6, 6.07) is 4.51. The Morgan fingerprint density at radius 1 is 1.20 bits per heavy atom. The number of carbonyl (C=O) groups excluding carboxylic acids is 2. The molecule has 1 aromatic heterocycles. The van der Waals surface area contributed by atoms with E-state index in [-0.39, 0.29) is 11.3 Å². The van der Waals surface area contributed by atoms with Gasteiger partial charge in [0.05, 0.1) is 26.0 Å². The number of imidazole rings is 1. The molecule has 0 saturated heterocycles. The number of nitrogens with zero attached hydrogens (tertiary/aromatic N) is 2. The van der Waals surface area contributed by atoms with Crippen molar-refractivity contribution in [3.63, 3.8) is 0 Å². The van der Waals surface area contributed by atoms with Gasteiger partial charge in [-0.15, -0.1) is 0 Å². The molecule has 2 aromatic rings. The lowest BCUT2D eigenvalue weighted by Crippen LogP contribution is -2.27. The van der Waals surface area contributed by atoms with E-state index in [1.807, 2.05) is 0 Å². The van der Waals surface area contributed by atoms with Gasteiger partial charge in [-0.05, 0) is 12.1 Å². The van der Waals surface area contributed by atoms with Crippen molar-refractivity contribution >= 4 is 11.8 Å². The van der Waals surface area contributed by atoms with Crippen LogP contribution in [0, 0.1) is 0 Å². The SMILES string of the molecule is COc1ccc(C(=O)C(=O)On2ccnc2)c(OC)c1. The molecule has 0 aliphatic heterocycles. The highest BCUT2D eigenvalue weighted by Crippen LogP contribution is 2.24. The van der Waals surface area contributed by atoms with Crippen molar-refractivity contribution in [3.8, 4) is 11.5 Å². The number of hydrogen-bond donors (Lipinski definition) is 0. The van der Waals surface area contributed by atoms with E-state index in [1.54, 1.807) is 6.07 Å². The van der Waals surface area contributed by atoms with Gasteiger partial charge >= 0.3 is 5.97 Å². The van der Waals surface area contributed by atoms with Crippen molar-refractivity contribution in [1.29, 1.82) is 0 Å². The highest BCUT2D eigenvalue weighted by Gasteiger charge is 2.23. The fourth-order valence-electron chi connectivity index (χ4n) is 1.53. The lowest BCUT2D eigenvalue weighted by molar-refractivity contribution is -0.138. The van der Waals surface area contributed by atoms with Gasteiger partial charge in [0.2, 0.25) is 0 Å². The van der Waals surface area contributed by atoms with Crippen LogP contribution in [0.3, 0.4) is 0 Å². The third kappa shape index (κ3) is 2.77. The number of aromatic nitrogens is 2. The maximum atomic E-state index is 12.0. The highest BCUT2D eigenvalue weighted by molar-refractivity contribution is 6.41. The molecule has 0 aliphatic rings. The number of hydrogen-bond acceptors (Lipinski definition) is 6. The molecule has 0 aliphatic carbocycles. The first-order valence-corrected chi connectivity index (χ1v) is 5.62. The molecule has 1 aromatic carbocycles. The van der Waals surface area contributed by atoms with E-state index >= 15 is 0 Å². The largest absolute Gasteiger partial charge is 0.497 e. The molecule has 1 heterocycles. The summed E-state index contributed by atoms with van der Waals surface area (Å²) in [6.07, 6.45) is 4.08. The number of ether oxygens (including phenoxy) is 2. The number of carbonyl (C=O) groups is 2. The van der Waals surface area contributed by atoms with Crippen LogP contribution in [0.1, 0.15) is 10.4 Å². The predicted octanol–water partition coefficient (Wildman–Crippen LogP) is 0.738. The Morgan fingerprint density at radius 2 is 2.00 bits per heavy atom. The monoisotopic (exact) mass is 276 g/mol. The number of methoxy groups -OCH3 is 2. The molecule has 0 atom stereocenters. The van der Waals surface area contributed by atoms with E-state index in [9.17, 15) is 9.59 Å². The minimum atomic E-state index is -1.04. The lowest BCUT2D eigenvalue weighted by Gasteiger charge is -2.09. The Kier molecular flexibility index (Phi) is 3.99. The average Bonchev–Trinajstić information content (AvgIpc) is 2.98. The molecule has 0 bridgehead atoms. The molecule has 104 valence electrons. The summed E-state index contributed by atoms with van der Waals surface area (Å²) in [5, 5.41) is 0. The summed E-state index contributed by atoms with van der Waals surface area (Å²) in [5.74, 6) is -1.11. The molecule has 2 rings (SSSR count). The highest BCUT2D eigenvalue weighted by atomic mass is 16.7. The zero-order chi connectivity index (χ0) is 14.5. The van der Waals surface area contributed by atoms with E-state index in [2.05, 4.69) is 4.98 Å². The van der Waals surface area contributed by atoms with Crippen LogP contribution in [0.5, 0.6) is 11.5 Å². The molecule has 0 radical (unpaired) electrons. The van der Waals surface area contributed by atoms with Gasteiger partial charge in [0.15, 0.2) is 0 Å². The molecule has 0 saturated carbocycles. The second kappa shape index (κ2) is 5.87. The van der Waals surface area contributed by atoms with Crippen LogP contribution in [0.4, 0.5) is 0 Å². The maximum absolute atomic E-state index is 12.0. The van der Waals surface area contributed by atoms with Crippen LogP contribution in [0.25, 0.3) is 0 Å². The van der Waals surface area contributed by atoms with Crippen molar-refractivity contribution in [2.45, 2.75) is 0 Å². The molecule has 0 amide bonds. The van der Waals surface area contributed by atoms with Crippen molar-refractivity contribution in [1.82, 2.24) is 9.71 Å². The second-order valence-electron chi connectivity index (χ2n) is 3.70. The first-order valence-electron chi connectivity index (χ1n) is 5.62. The van der Waals surface area contributed by atoms with Crippen molar-refractivity contribution < 1.29 is 23.9 Å². The minimum Gasteiger partial charge on any atom is -0.497 e. The Balaban J connectivity index is 2.22. The smallest absolute Gasteiger partial charge is 0.404 e. The zero-order valence-electron chi connectivity index (χ0n) is 10.9. The van der Waals surface area contributed by atoms with E-state index < -0.39 is 11.8 Å². The number of Topliss-reactive ketones (excluding diaryl/α,β-unsaturated/α-hetero) is 1. The average molecular weight is 276 g/mol. The maximum Gasteiger partial charge on any atom is 0.404 e. The molecule has 0 unspecified atom stereocenters. The number of rotatable bonds is 5. The minimum absolute atomic E-state index is 0.0958. The van der Waals surface area contributed by atoms with Crippen LogP contribution in [0.15, 0.2) is 36.9 Å².